The Hall–Kier alpha value is -2.36. The number of hydrogen-bond donors (Lipinski definition) is 1. The van der Waals surface area contributed by atoms with E-state index in [1.54, 1.807) is 0 Å². The minimum absolute atomic E-state index is 0.0182. The van der Waals surface area contributed by atoms with Gasteiger partial charge in [0.2, 0.25) is 0 Å². The predicted octanol–water partition coefficient (Wildman–Crippen LogP) is 2.98. The SMILES string of the molecule is C[C@H]1C[C@H]1C(=O)OCC(=O)Nc1cccc2ccccc12. The Morgan fingerprint density at radius 2 is 1.90 bits per heavy atom. The van der Waals surface area contributed by atoms with Gasteiger partial charge in [0.1, 0.15) is 0 Å². The van der Waals surface area contributed by atoms with Crippen LogP contribution >= 0.6 is 0 Å². The minimum Gasteiger partial charge on any atom is -0.455 e. The number of benzene rings is 2. The Morgan fingerprint density at radius 3 is 2.67 bits per heavy atom. The first kappa shape index (κ1) is 13.6. The fraction of sp³-hybridized carbons (Fsp3) is 0.294. The Kier molecular flexibility index (Phi) is 3.60. The zero-order valence-corrected chi connectivity index (χ0v) is 11.8. The smallest absolute Gasteiger partial charge is 0.309 e. The molecule has 4 heteroatoms. The van der Waals surface area contributed by atoms with Gasteiger partial charge in [-0.2, -0.15) is 0 Å². The number of ether oxygens (including phenoxy) is 1. The van der Waals surface area contributed by atoms with Crippen molar-refractivity contribution >= 4 is 28.3 Å². The van der Waals surface area contributed by atoms with E-state index in [9.17, 15) is 9.59 Å². The predicted molar refractivity (Wildman–Crippen MR) is 80.8 cm³/mol. The molecule has 3 rings (SSSR count). The monoisotopic (exact) mass is 283 g/mol. The van der Waals surface area contributed by atoms with Crippen LogP contribution in [0, 0.1) is 11.8 Å². The maximum absolute atomic E-state index is 11.9. The molecule has 0 heterocycles. The van der Waals surface area contributed by atoms with E-state index in [1.807, 2.05) is 49.4 Å². The summed E-state index contributed by atoms with van der Waals surface area (Å²) in [5, 5.41) is 4.82. The number of anilines is 1. The number of esters is 1. The lowest BCUT2D eigenvalue weighted by Gasteiger charge is -2.09. The van der Waals surface area contributed by atoms with Crippen LogP contribution < -0.4 is 5.32 Å². The van der Waals surface area contributed by atoms with Crippen LogP contribution in [0.3, 0.4) is 0 Å². The average Bonchev–Trinajstić information content (AvgIpc) is 3.22. The summed E-state index contributed by atoms with van der Waals surface area (Å²) in [6.07, 6.45) is 0.865. The number of nitrogens with one attached hydrogen (secondary N) is 1. The zero-order chi connectivity index (χ0) is 14.8. The lowest BCUT2D eigenvalue weighted by molar-refractivity contribution is -0.148. The molecule has 1 N–H and O–H groups in total. The van der Waals surface area contributed by atoms with Gasteiger partial charge in [-0.25, -0.2) is 0 Å². The van der Waals surface area contributed by atoms with E-state index in [4.69, 9.17) is 4.74 Å². The molecule has 2 atom stereocenters. The molecule has 0 aromatic heterocycles. The molecule has 0 spiro atoms. The molecule has 1 aliphatic carbocycles. The van der Waals surface area contributed by atoms with Crippen molar-refractivity contribution in [3.63, 3.8) is 0 Å². The minimum atomic E-state index is -0.312. The topological polar surface area (TPSA) is 55.4 Å². The second kappa shape index (κ2) is 5.56. The Morgan fingerprint density at radius 1 is 1.19 bits per heavy atom. The third-order valence-corrected chi connectivity index (χ3v) is 3.82. The number of carbonyl (C=O) groups excluding carboxylic acids is 2. The summed E-state index contributed by atoms with van der Waals surface area (Å²) in [6.45, 7) is 1.77. The third-order valence-electron chi connectivity index (χ3n) is 3.82. The number of amides is 1. The van der Waals surface area contributed by atoms with Gasteiger partial charge in [0.15, 0.2) is 6.61 Å². The molecule has 1 amide bonds. The maximum atomic E-state index is 11.9. The number of rotatable bonds is 4. The lowest BCUT2D eigenvalue weighted by Crippen LogP contribution is -2.21. The van der Waals surface area contributed by atoms with E-state index < -0.39 is 0 Å². The van der Waals surface area contributed by atoms with Crippen LogP contribution in [0.1, 0.15) is 13.3 Å². The third kappa shape index (κ3) is 3.05. The molecule has 0 unspecified atom stereocenters. The molecule has 1 aliphatic rings. The molecule has 21 heavy (non-hydrogen) atoms. The summed E-state index contributed by atoms with van der Waals surface area (Å²) in [5.41, 5.74) is 0.730. The second-order valence-electron chi connectivity index (χ2n) is 5.50. The molecule has 0 bridgehead atoms. The molecule has 1 fully saturated rings. The van der Waals surface area contributed by atoms with Crippen molar-refractivity contribution in [1.82, 2.24) is 0 Å². The van der Waals surface area contributed by atoms with E-state index in [0.29, 0.717) is 5.92 Å². The largest absolute Gasteiger partial charge is 0.455 e. The summed E-state index contributed by atoms with van der Waals surface area (Å²) in [5.74, 6) is -0.211. The second-order valence-corrected chi connectivity index (χ2v) is 5.50. The van der Waals surface area contributed by atoms with E-state index in [2.05, 4.69) is 5.32 Å². The summed E-state index contributed by atoms with van der Waals surface area (Å²) in [6, 6.07) is 13.5. The van der Waals surface area contributed by atoms with Gasteiger partial charge < -0.3 is 10.1 Å². The number of hydrogen-bond acceptors (Lipinski definition) is 3. The zero-order valence-electron chi connectivity index (χ0n) is 11.8. The Bertz CT molecular complexity index is 690. The summed E-state index contributed by atoms with van der Waals surface area (Å²) >= 11 is 0. The van der Waals surface area contributed by atoms with Gasteiger partial charge in [0, 0.05) is 11.1 Å². The fourth-order valence-electron chi connectivity index (χ4n) is 2.41. The van der Waals surface area contributed by atoms with E-state index in [0.717, 1.165) is 22.9 Å². The molecule has 0 radical (unpaired) electrons. The van der Waals surface area contributed by atoms with Gasteiger partial charge in [-0.1, -0.05) is 43.3 Å². The lowest BCUT2D eigenvalue weighted by atomic mass is 10.1. The van der Waals surface area contributed by atoms with Crippen LogP contribution in [0.2, 0.25) is 0 Å². The molecule has 0 saturated heterocycles. The number of carbonyl (C=O) groups is 2. The van der Waals surface area contributed by atoms with Gasteiger partial charge in [-0.05, 0) is 23.8 Å². The highest BCUT2D eigenvalue weighted by Gasteiger charge is 2.40. The van der Waals surface area contributed by atoms with Crippen molar-refractivity contribution in [1.29, 1.82) is 0 Å². The van der Waals surface area contributed by atoms with Crippen LogP contribution in [-0.2, 0) is 14.3 Å². The molecular weight excluding hydrogens is 266 g/mol. The highest BCUT2D eigenvalue weighted by molar-refractivity contribution is 6.02. The van der Waals surface area contributed by atoms with Crippen molar-refractivity contribution in [2.24, 2.45) is 11.8 Å². The number of fused-ring (bicyclic) bond motifs is 1. The van der Waals surface area contributed by atoms with E-state index in [-0.39, 0.29) is 24.4 Å². The maximum Gasteiger partial charge on any atom is 0.309 e. The van der Waals surface area contributed by atoms with Crippen LogP contribution in [0.5, 0.6) is 0 Å². The highest BCUT2D eigenvalue weighted by atomic mass is 16.5. The molecule has 2 aromatic carbocycles. The quantitative estimate of drug-likeness (QED) is 0.878. The summed E-state index contributed by atoms with van der Waals surface area (Å²) < 4.78 is 5.03. The molecular formula is C17H17NO3. The molecule has 108 valence electrons. The van der Waals surface area contributed by atoms with Crippen molar-refractivity contribution in [3.05, 3.63) is 42.5 Å². The summed E-state index contributed by atoms with van der Waals surface area (Å²) in [7, 11) is 0. The van der Waals surface area contributed by atoms with Gasteiger partial charge in [0.05, 0.1) is 5.92 Å². The van der Waals surface area contributed by atoms with Crippen molar-refractivity contribution in [2.45, 2.75) is 13.3 Å². The molecule has 2 aromatic rings. The Labute approximate surface area is 123 Å². The van der Waals surface area contributed by atoms with Gasteiger partial charge >= 0.3 is 5.97 Å². The van der Waals surface area contributed by atoms with Crippen LogP contribution in [-0.4, -0.2) is 18.5 Å². The molecule has 0 aliphatic heterocycles. The van der Waals surface area contributed by atoms with Crippen LogP contribution in [0.25, 0.3) is 10.8 Å². The fourth-order valence-corrected chi connectivity index (χ4v) is 2.41. The molecule has 1 saturated carbocycles. The van der Waals surface area contributed by atoms with Crippen LogP contribution in [0.4, 0.5) is 5.69 Å². The average molecular weight is 283 g/mol. The van der Waals surface area contributed by atoms with Crippen molar-refractivity contribution < 1.29 is 14.3 Å². The highest BCUT2D eigenvalue weighted by Crippen LogP contribution is 2.38. The van der Waals surface area contributed by atoms with E-state index in [1.165, 1.54) is 0 Å². The molecule has 4 nitrogen and oxygen atoms in total. The first-order valence-electron chi connectivity index (χ1n) is 7.09. The normalized spacial score (nSPS) is 20.0. The van der Waals surface area contributed by atoms with Crippen molar-refractivity contribution in [2.75, 3.05) is 11.9 Å². The van der Waals surface area contributed by atoms with E-state index >= 15 is 0 Å². The van der Waals surface area contributed by atoms with Crippen LogP contribution in [0.15, 0.2) is 42.5 Å². The van der Waals surface area contributed by atoms with Crippen molar-refractivity contribution in [3.8, 4) is 0 Å². The standard InChI is InChI=1S/C17H17NO3/c1-11-9-14(11)17(20)21-10-16(19)18-15-8-4-6-12-5-2-3-7-13(12)15/h2-8,11,14H,9-10H2,1H3,(H,18,19)/t11-,14+/m0/s1. The van der Waals surface area contributed by atoms with Gasteiger partial charge in [0.25, 0.3) is 5.91 Å². The first-order valence-corrected chi connectivity index (χ1v) is 7.09. The van der Waals surface area contributed by atoms with Gasteiger partial charge in [-0.15, -0.1) is 0 Å². The van der Waals surface area contributed by atoms with Gasteiger partial charge in [-0.3, -0.25) is 9.59 Å². The Balaban J connectivity index is 1.62. The first-order chi connectivity index (χ1) is 10.1. The summed E-state index contributed by atoms with van der Waals surface area (Å²) in [4.78, 5) is 23.5.